The van der Waals surface area contributed by atoms with Crippen LogP contribution in [-0.4, -0.2) is 32.0 Å². The van der Waals surface area contributed by atoms with Crippen LogP contribution in [0.3, 0.4) is 0 Å². The van der Waals surface area contributed by atoms with Crippen molar-refractivity contribution in [1.82, 2.24) is 10.6 Å². The average Bonchev–Trinajstić information content (AvgIpc) is 2.69. The predicted molar refractivity (Wildman–Crippen MR) is 108 cm³/mol. The van der Waals surface area contributed by atoms with Gasteiger partial charge < -0.3 is 15.5 Å². The third kappa shape index (κ3) is 5.53. The standard InChI is InChI=1S/C22H25F2N3O2/c1-27-11-3-4-16-12-15(6-9-20(16)27)14-26-21(28)5-2-10-25-22(29)18-8-7-17(23)13-19(18)24/h6-9,12-13H,2-5,10-11,14H2,1H3,(H,25,29)(H,26,28). The molecular weight excluding hydrogens is 376 g/mol. The van der Waals surface area contributed by atoms with Crippen molar-refractivity contribution in [2.45, 2.75) is 32.2 Å². The Morgan fingerprint density at radius 3 is 2.72 bits per heavy atom. The Kier molecular flexibility index (Phi) is 6.80. The van der Waals surface area contributed by atoms with Gasteiger partial charge >= 0.3 is 0 Å². The molecule has 1 aliphatic heterocycles. The van der Waals surface area contributed by atoms with E-state index in [0.717, 1.165) is 37.1 Å². The van der Waals surface area contributed by atoms with E-state index < -0.39 is 17.5 Å². The number of rotatable bonds is 7. The fourth-order valence-electron chi connectivity index (χ4n) is 3.46. The van der Waals surface area contributed by atoms with E-state index in [-0.39, 0.29) is 24.4 Å². The van der Waals surface area contributed by atoms with Crippen LogP contribution in [0.25, 0.3) is 0 Å². The number of halogens is 2. The number of aryl methyl sites for hydroxylation is 1. The Morgan fingerprint density at radius 2 is 1.93 bits per heavy atom. The molecule has 0 aliphatic carbocycles. The second kappa shape index (κ2) is 9.49. The number of anilines is 1. The van der Waals surface area contributed by atoms with Crippen LogP contribution in [0.15, 0.2) is 36.4 Å². The summed E-state index contributed by atoms with van der Waals surface area (Å²) >= 11 is 0. The van der Waals surface area contributed by atoms with Gasteiger partial charge in [0.15, 0.2) is 0 Å². The minimum absolute atomic E-state index is 0.109. The first kappa shape index (κ1) is 20.8. The minimum Gasteiger partial charge on any atom is -0.374 e. The second-order valence-corrected chi connectivity index (χ2v) is 7.25. The SMILES string of the molecule is CN1CCCc2cc(CNC(=O)CCCNC(=O)c3ccc(F)cc3F)ccc21. The number of nitrogens with one attached hydrogen (secondary N) is 2. The molecule has 154 valence electrons. The Morgan fingerprint density at radius 1 is 1.10 bits per heavy atom. The van der Waals surface area contributed by atoms with Gasteiger partial charge in [-0.15, -0.1) is 0 Å². The van der Waals surface area contributed by atoms with Crippen LogP contribution in [0.1, 0.15) is 40.7 Å². The van der Waals surface area contributed by atoms with Gasteiger partial charge in [0, 0.05) is 44.9 Å². The van der Waals surface area contributed by atoms with Gasteiger partial charge in [0.25, 0.3) is 5.91 Å². The molecule has 0 bridgehead atoms. The number of hydrogen-bond donors (Lipinski definition) is 2. The average molecular weight is 401 g/mol. The first-order chi connectivity index (χ1) is 13.9. The summed E-state index contributed by atoms with van der Waals surface area (Å²) in [6.07, 6.45) is 2.86. The molecule has 3 rings (SSSR count). The van der Waals surface area contributed by atoms with Gasteiger partial charge in [0.2, 0.25) is 5.91 Å². The number of carbonyl (C=O) groups is 2. The highest BCUT2D eigenvalue weighted by Crippen LogP contribution is 2.26. The van der Waals surface area contributed by atoms with Crippen molar-refractivity contribution in [3.8, 4) is 0 Å². The second-order valence-electron chi connectivity index (χ2n) is 7.25. The van der Waals surface area contributed by atoms with Gasteiger partial charge in [-0.1, -0.05) is 12.1 Å². The number of benzene rings is 2. The van der Waals surface area contributed by atoms with Crippen molar-refractivity contribution < 1.29 is 18.4 Å². The Bertz CT molecular complexity index is 902. The molecule has 0 aromatic heterocycles. The zero-order valence-electron chi connectivity index (χ0n) is 16.4. The lowest BCUT2D eigenvalue weighted by molar-refractivity contribution is -0.121. The Balaban J connectivity index is 1.39. The summed E-state index contributed by atoms with van der Waals surface area (Å²) in [6, 6.07) is 9.07. The lowest BCUT2D eigenvalue weighted by Crippen LogP contribution is -2.28. The first-order valence-corrected chi connectivity index (χ1v) is 9.77. The van der Waals surface area contributed by atoms with Crippen LogP contribution in [-0.2, 0) is 17.8 Å². The summed E-state index contributed by atoms with van der Waals surface area (Å²) in [6.45, 7) is 1.75. The predicted octanol–water partition coefficient (Wildman–Crippen LogP) is 3.17. The van der Waals surface area contributed by atoms with Crippen LogP contribution < -0.4 is 15.5 Å². The topological polar surface area (TPSA) is 61.4 Å². The highest BCUT2D eigenvalue weighted by molar-refractivity contribution is 5.94. The van der Waals surface area contributed by atoms with E-state index in [4.69, 9.17) is 0 Å². The van der Waals surface area contributed by atoms with Gasteiger partial charge in [-0.25, -0.2) is 8.78 Å². The zero-order valence-corrected chi connectivity index (χ0v) is 16.4. The quantitative estimate of drug-likeness (QED) is 0.701. The van der Waals surface area contributed by atoms with E-state index >= 15 is 0 Å². The van der Waals surface area contributed by atoms with Gasteiger partial charge in [0.1, 0.15) is 11.6 Å². The minimum atomic E-state index is -0.906. The number of amides is 2. The lowest BCUT2D eigenvalue weighted by Gasteiger charge is -2.27. The molecule has 5 nitrogen and oxygen atoms in total. The van der Waals surface area contributed by atoms with Crippen molar-refractivity contribution in [1.29, 1.82) is 0 Å². The van der Waals surface area contributed by atoms with E-state index in [2.05, 4.69) is 34.7 Å². The van der Waals surface area contributed by atoms with E-state index in [1.54, 1.807) is 0 Å². The number of nitrogens with zero attached hydrogens (tertiary/aromatic N) is 1. The van der Waals surface area contributed by atoms with Gasteiger partial charge in [-0.3, -0.25) is 9.59 Å². The van der Waals surface area contributed by atoms with Crippen molar-refractivity contribution in [3.63, 3.8) is 0 Å². The van der Waals surface area contributed by atoms with Gasteiger partial charge in [-0.05, 0) is 48.6 Å². The normalized spacial score (nSPS) is 13.0. The molecule has 2 amide bonds. The van der Waals surface area contributed by atoms with E-state index in [9.17, 15) is 18.4 Å². The fourth-order valence-corrected chi connectivity index (χ4v) is 3.46. The van der Waals surface area contributed by atoms with Crippen LogP contribution in [0.5, 0.6) is 0 Å². The molecule has 2 aromatic rings. The van der Waals surface area contributed by atoms with E-state index in [1.165, 1.54) is 11.3 Å². The van der Waals surface area contributed by atoms with Crippen molar-refractivity contribution in [2.75, 3.05) is 25.0 Å². The van der Waals surface area contributed by atoms with Crippen molar-refractivity contribution in [3.05, 3.63) is 64.7 Å². The van der Waals surface area contributed by atoms with Gasteiger partial charge in [-0.2, -0.15) is 0 Å². The van der Waals surface area contributed by atoms with E-state index in [1.807, 2.05) is 6.07 Å². The number of fused-ring (bicyclic) bond motifs is 1. The Hall–Kier alpha value is -2.96. The summed E-state index contributed by atoms with van der Waals surface area (Å²) in [4.78, 5) is 26.2. The highest BCUT2D eigenvalue weighted by atomic mass is 19.1. The molecule has 0 unspecified atom stereocenters. The summed E-state index contributed by atoms with van der Waals surface area (Å²) in [5.41, 5.74) is 3.40. The molecule has 0 spiro atoms. The summed E-state index contributed by atoms with van der Waals surface area (Å²) in [7, 11) is 2.09. The lowest BCUT2D eigenvalue weighted by atomic mass is 9.99. The third-order valence-corrected chi connectivity index (χ3v) is 5.03. The molecule has 0 saturated heterocycles. The van der Waals surface area contributed by atoms with Crippen molar-refractivity contribution in [2.24, 2.45) is 0 Å². The maximum absolute atomic E-state index is 13.6. The molecule has 0 atom stereocenters. The monoisotopic (exact) mass is 401 g/mol. The summed E-state index contributed by atoms with van der Waals surface area (Å²) < 4.78 is 26.4. The largest absolute Gasteiger partial charge is 0.374 e. The maximum atomic E-state index is 13.6. The smallest absolute Gasteiger partial charge is 0.254 e. The molecule has 1 aliphatic rings. The number of hydrogen-bond acceptors (Lipinski definition) is 3. The van der Waals surface area contributed by atoms with Crippen LogP contribution >= 0.6 is 0 Å². The maximum Gasteiger partial charge on any atom is 0.254 e. The number of carbonyl (C=O) groups excluding carboxylic acids is 2. The molecule has 29 heavy (non-hydrogen) atoms. The molecule has 0 fully saturated rings. The van der Waals surface area contributed by atoms with Crippen LogP contribution in [0, 0.1) is 11.6 Å². The summed E-state index contributed by atoms with van der Waals surface area (Å²) in [5, 5.41) is 5.43. The molecule has 2 aromatic carbocycles. The molecule has 1 heterocycles. The first-order valence-electron chi connectivity index (χ1n) is 9.77. The molecule has 0 radical (unpaired) electrons. The third-order valence-electron chi connectivity index (χ3n) is 5.03. The van der Waals surface area contributed by atoms with Crippen LogP contribution in [0.2, 0.25) is 0 Å². The summed E-state index contributed by atoms with van der Waals surface area (Å²) in [5.74, 6) is -2.37. The van der Waals surface area contributed by atoms with Crippen molar-refractivity contribution >= 4 is 17.5 Å². The molecular formula is C22H25F2N3O2. The zero-order chi connectivity index (χ0) is 20.8. The van der Waals surface area contributed by atoms with E-state index in [0.29, 0.717) is 19.0 Å². The molecule has 7 heteroatoms. The fraction of sp³-hybridized carbons (Fsp3) is 0.364. The molecule has 0 saturated carbocycles. The Labute approximate surface area is 169 Å². The van der Waals surface area contributed by atoms with Gasteiger partial charge in [0.05, 0.1) is 5.56 Å². The highest BCUT2D eigenvalue weighted by Gasteiger charge is 2.14. The molecule has 2 N–H and O–H groups in total. The van der Waals surface area contributed by atoms with Crippen LogP contribution in [0.4, 0.5) is 14.5 Å².